The molecule has 3 nitrogen and oxygen atoms in total. The number of nitrogen functional groups attached to an aromatic ring is 1. The van der Waals surface area contributed by atoms with Crippen molar-refractivity contribution in [2.24, 2.45) is 5.73 Å². The number of hydrogen-bond acceptors (Lipinski definition) is 3. The zero-order chi connectivity index (χ0) is 7.56. The number of pyridine rings is 1. The van der Waals surface area contributed by atoms with Gasteiger partial charge < -0.3 is 11.5 Å². The van der Waals surface area contributed by atoms with Crippen molar-refractivity contribution in [2.75, 3.05) is 5.73 Å². The van der Waals surface area contributed by atoms with E-state index in [1.165, 1.54) is 0 Å². The summed E-state index contributed by atoms with van der Waals surface area (Å²) in [5.74, 6) is 0.525. The fourth-order valence-electron chi connectivity index (χ4n) is 0.815. The van der Waals surface area contributed by atoms with Gasteiger partial charge in [0.1, 0.15) is 5.82 Å². The predicted octanol–water partition coefficient (Wildman–Crippen LogP) is 0.684. The molecule has 1 rings (SSSR count). The number of aromatic nitrogens is 1. The highest BCUT2D eigenvalue weighted by molar-refractivity contribution is 5.40. The van der Waals surface area contributed by atoms with Crippen LogP contribution in [0, 0.1) is 0 Å². The van der Waals surface area contributed by atoms with Crippen molar-refractivity contribution in [3.05, 3.63) is 23.9 Å². The Bertz CT molecular complexity index is 220. The van der Waals surface area contributed by atoms with Gasteiger partial charge in [-0.25, -0.2) is 4.98 Å². The van der Waals surface area contributed by atoms with E-state index in [4.69, 9.17) is 11.5 Å². The van der Waals surface area contributed by atoms with Gasteiger partial charge in [0.05, 0.1) is 0 Å². The molecule has 0 amide bonds. The van der Waals surface area contributed by atoms with Crippen molar-refractivity contribution in [3.63, 3.8) is 0 Å². The van der Waals surface area contributed by atoms with E-state index in [1.807, 2.05) is 19.1 Å². The van der Waals surface area contributed by atoms with E-state index in [-0.39, 0.29) is 6.04 Å². The first-order valence-corrected chi connectivity index (χ1v) is 3.18. The molecule has 10 heavy (non-hydrogen) atoms. The Labute approximate surface area is 60.1 Å². The highest BCUT2D eigenvalue weighted by atomic mass is 14.8. The van der Waals surface area contributed by atoms with Crippen LogP contribution in [0.2, 0.25) is 0 Å². The molecule has 0 radical (unpaired) electrons. The summed E-state index contributed by atoms with van der Waals surface area (Å²) in [4.78, 5) is 3.90. The largest absolute Gasteiger partial charge is 0.383 e. The molecule has 0 spiro atoms. The summed E-state index contributed by atoms with van der Waals surface area (Å²) < 4.78 is 0. The van der Waals surface area contributed by atoms with E-state index >= 15 is 0 Å². The quantitative estimate of drug-likeness (QED) is 0.598. The van der Waals surface area contributed by atoms with Crippen LogP contribution in [0.5, 0.6) is 0 Å². The van der Waals surface area contributed by atoms with Crippen LogP contribution >= 0.6 is 0 Å². The molecule has 4 N–H and O–H groups in total. The summed E-state index contributed by atoms with van der Waals surface area (Å²) in [6.45, 7) is 1.88. The average molecular weight is 137 g/mol. The lowest BCUT2D eigenvalue weighted by atomic mass is 10.1. The van der Waals surface area contributed by atoms with Crippen molar-refractivity contribution in [2.45, 2.75) is 13.0 Å². The minimum absolute atomic E-state index is 0.0336. The van der Waals surface area contributed by atoms with Gasteiger partial charge in [-0.2, -0.15) is 0 Å². The SMILES string of the molecule is C[C@H](N)c1cccnc1N. The third kappa shape index (κ3) is 1.25. The maximum absolute atomic E-state index is 5.59. The molecule has 0 bridgehead atoms. The third-order valence-electron chi connectivity index (χ3n) is 1.36. The molecule has 0 aliphatic rings. The minimum atomic E-state index is -0.0336. The second-order valence-electron chi connectivity index (χ2n) is 2.27. The summed E-state index contributed by atoms with van der Waals surface area (Å²) in [5, 5.41) is 0. The van der Waals surface area contributed by atoms with Crippen LogP contribution in [0.25, 0.3) is 0 Å². The van der Waals surface area contributed by atoms with Crippen LogP contribution in [0.15, 0.2) is 18.3 Å². The van der Waals surface area contributed by atoms with E-state index in [0.717, 1.165) is 5.56 Å². The number of nitrogens with zero attached hydrogens (tertiary/aromatic N) is 1. The van der Waals surface area contributed by atoms with Crippen LogP contribution in [0.1, 0.15) is 18.5 Å². The topological polar surface area (TPSA) is 64.9 Å². The second-order valence-corrected chi connectivity index (χ2v) is 2.27. The van der Waals surface area contributed by atoms with Gasteiger partial charge in [0, 0.05) is 17.8 Å². The minimum Gasteiger partial charge on any atom is -0.383 e. The fraction of sp³-hybridized carbons (Fsp3) is 0.286. The van der Waals surface area contributed by atoms with Gasteiger partial charge in [-0.3, -0.25) is 0 Å². The molecule has 1 heterocycles. The lowest BCUT2D eigenvalue weighted by molar-refractivity contribution is 0.816. The number of nitrogens with two attached hydrogens (primary N) is 2. The van der Waals surface area contributed by atoms with Gasteiger partial charge in [0.2, 0.25) is 0 Å². The van der Waals surface area contributed by atoms with Gasteiger partial charge in [-0.1, -0.05) is 6.07 Å². The number of anilines is 1. The molecule has 1 atom stereocenters. The van der Waals surface area contributed by atoms with Gasteiger partial charge >= 0.3 is 0 Å². The van der Waals surface area contributed by atoms with Crippen molar-refractivity contribution in [3.8, 4) is 0 Å². The maximum atomic E-state index is 5.59. The summed E-state index contributed by atoms with van der Waals surface area (Å²) in [6, 6.07) is 3.68. The van der Waals surface area contributed by atoms with E-state index < -0.39 is 0 Å². The van der Waals surface area contributed by atoms with Gasteiger partial charge in [0.25, 0.3) is 0 Å². The average Bonchev–Trinajstić information content (AvgIpc) is 1.88. The van der Waals surface area contributed by atoms with Crippen LogP contribution in [0.3, 0.4) is 0 Å². The zero-order valence-electron chi connectivity index (χ0n) is 5.91. The molecule has 3 heteroatoms. The smallest absolute Gasteiger partial charge is 0.128 e. The van der Waals surface area contributed by atoms with E-state index in [1.54, 1.807) is 6.20 Å². The van der Waals surface area contributed by atoms with Crippen molar-refractivity contribution < 1.29 is 0 Å². The first-order chi connectivity index (χ1) is 4.72. The molecule has 0 aromatic carbocycles. The Balaban J connectivity index is 3.03. The summed E-state index contributed by atoms with van der Waals surface area (Å²) in [5.41, 5.74) is 12.0. The molecule has 0 fully saturated rings. The Kier molecular flexibility index (Phi) is 1.87. The third-order valence-corrected chi connectivity index (χ3v) is 1.36. The molecule has 0 saturated carbocycles. The molecular weight excluding hydrogens is 126 g/mol. The van der Waals surface area contributed by atoms with E-state index in [9.17, 15) is 0 Å². The first kappa shape index (κ1) is 7.02. The number of hydrogen-bond donors (Lipinski definition) is 2. The fourth-order valence-corrected chi connectivity index (χ4v) is 0.815. The zero-order valence-corrected chi connectivity index (χ0v) is 5.91. The van der Waals surface area contributed by atoms with Crippen LogP contribution in [0.4, 0.5) is 5.82 Å². The van der Waals surface area contributed by atoms with Gasteiger partial charge in [0.15, 0.2) is 0 Å². The maximum Gasteiger partial charge on any atom is 0.128 e. The highest BCUT2D eigenvalue weighted by Gasteiger charge is 2.01. The predicted molar refractivity (Wildman–Crippen MR) is 41.3 cm³/mol. The molecule has 0 unspecified atom stereocenters. The van der Waals surface area contributed by atoms with Crippen molar-refractivity contribution in [1.29, 1.82) is 0 Å². The lowest BCUT2D eigenvalue weighted by Crippen LogP contribution is -2.08. The van der Waals surface area contributed by atoms with Crippen LogP contribution in [-0.4, -0.2) is 4.98 Å². The van der Waals surface area contributed by atoms with Crippen molar-refractivity contribution >= 4 is 5.82 Å². The molecule has 54 valence electrons. The van der Waals surface area contributed by atoms with Gasteiger partial charge in [-0.15, -0.1) is 0 Å². The lowest BCUT2D eigenvalue weighted by Gasteiger charge is -2.06. The van der Waals surface area contributed by atoms with Gasteiger partial charge in [-0.05, 0) is 13.0 Å². The summed E-state index contributed by atoms with van der Waals surface area (Å²) in [6.07, 6.45) is 1.65. The summed E-state index contributed by atoms with van der Waals surface area (Å²) >= 11 is 0. The molecule has 1 aromatic rings. The van der Waals surface area contributed by atoms with Crippen LogP contribution in [-0.2, 0) is 0 Å². The Morgan fingerprint density at radius 3 is 2.70 bits per heavy atom. The van der Waals surface area contributed by atoms with Crippen molar-refractivity contribution in [1.82, 2.24) is 4.98 Å². The number of rotatable bonds is 1. The molecular formula is C7H11N3. The first-order valence-electron chi connectivity index (χ1n) is 3.18. The van der Waals surface area contributed by atoms with Crippen LogP contribution < -0.4 is 11.5 Å². The standard InChI is InChI=1S/C7H11N3/c1-5(8)6-3-2-4-10-7(6)9/h2-5H,8H2,1H3,(H2,9,10)/t5-/m0/s1. The van der Waals surface area contributed by atoms with E-state index in [0.29, 0.717) is 5.82 Å². The monoisotopic (exact) mass is 137 g/mol. The van der Waals surface area contributed by atoms with E-state index in [2.05, 4.69) is 4.98 Å². The Hall–Kier alpha value is -1.09. The molecule has 0 saturated heterocycles. The highest BCUT2D eigenvalue weighted by Crippen LogP contribution is 2.13. The molecule has 0 aliphatic heterocycles. The molecule has 0 aliphatic carbocycles. The second kappa shape index (κ2) is 2.66. The Morgan fingerprint density at radius 1 is 1.60 bits per heavy atom. The summed E-state index contributed by atoms with van der Waals surface area (Å²) in [7, 11) is 0. The normalized spacial score (nSPS) is 13.0. The molecule has 1 aromatic heterocycles. The Morgan fingerprint density at radius 2 is 2.30 bits per heavy atom.